The molecule has 0 aliphatic heterocycles. The molecule has 1 nitrogen and oxygen atoms in total. The molecule has 2 rings (SSSR count). The zero-order valence-electron chi connectivity index (χ0n) is 14.7. The monoisotopic (exact) mass is 369 g/mol. The Hall–Kier alpha value is -1.42. The Morgan fingerprint density at radius 2 is 1.48 bits per heavy atom. The summed E-state index contributed by atoms with van der Waals surface area (Å²) in [5, 5.41) is 0. The minimum Gasteiger partial charge on any atom is -0.330 e. The van der Waals surface area contributed by atoms with Gasteiger partial charge in [0.1, 0.15) is 0 Å². The summed E-state index contributed by atoms with van der Waals surface area (Å²) in [5.74, 6) is 4.85. The van der Waals surface area contributed by atoms with Crippen LogP contribution in [-0.4, -0.2) is 18.1 Å². The highest BCUT2D eigenvalue weighted by molar-refractivity contribution is 7.99. The van der Waals surface area contributed by atoms with Gasteiger partial charge in [-0.25, -0.2) is 0 Å². The quantitative estimate of drug-likeness (QED) is 0.549. The molecule has 0 spiro atoms. The molecule has 1 unspecified atom stereocenters. The van der Waals surface area contributed by atoms with Crippen LogP contribution in [0.3, 0.4) is 0 Å². The lowest BCUT2D eigenvalue weighted by molar-refractivity contribution is 0.686. The minimum absolute atomic E-state index is 0.560. The molecule has 0 saturated heterocycles. The van der Waals surface area contributed by atoms with Crippen molar-refractivity contribution < 1.29 is 0 Å². The molecule has 0 bridgehead atoms. The third-order valence-corrected chi connectivity index (χ3v) is 6.47. The van der Waals surface area contributed by atoms with Crippen molar-refractivity contribution in [3.8, 4) is 0 Å². The Kier molecular flexibility index (Phi) is 8.95. The first kappa shape index (κ1) is 19.9. The first-order valence-corrected chi connectivity index (χ1v) is 10.8. The lowest BCUT2D eigenvalue weighted by atomic mass is 10.1. The molecule has 0 aromatic heterocycles. The molecule has 0 saturated carbocycles. The van der Waals surface area contributed by atoms with Crippen molar-refractivity contribution in [2.45, 2.75) is 11.5 Å². The smallest absolute Gasteiger partial charge is 0.0184 e. The van der Waals surface area contributed by atoms with Crippen LogP contribution in [0.2, 0.25) is 0 Å². The highest BCUT2D eigenvalue weighted by Gasteiger charge is 2.08. The fourth-order valence-electron chi connectivity index (χ4n) is 2.43. The molecule has 0 amide bonds. The standard InChI is InChI=1S/C22H27NS2/c1-3-18-8-10-20(11-9-18)14-24-16-22(13-23)17-25-15-21-7-5-6-19(4-2)12-21/h3-12,22H,1-2,13-17,23H2. The van der Waals surface area contributed by atoms with Gasteiger partial charge in [0.2, 0.25) is 0 Å². The zero-order valence-corrected chi connectivity index (χ0v) is 16.3. The van der Waals surface area contributed by atoms with Crippen LogP contribution in [-0.2, 0) is 11.5 Å². The van der Waals surface area contributed by atoms with Gasteiger partial charge in [0.15, 0.2) is 0 Å². The molecule has 0 fully saturated rings. The second kappa shape index (κ2) is 11.2. The Morgan fingerprint density at radius 3 is 2.08 bits per heavy atom. The summed E-state index contributed by atoms with van der Waals surface area (Å²) in [6, 6.07) is 17.2. The molecule has 25 heavy (non-hydrogen) atoms. The van der Waals surface area contributed by atoms with Crippen molar-refractivity contribution in [1.82, 2.24) is 0 Å². The van der Waals surface area contributed by atoms with Gasteiger partial charge in [-0.05, 0) is 46.2 Å². The van der Waals surface area contributed by atoms with Gasteiger partial charge >= 0.3 is 0 Å². The van der Waals surface area contributed by atoms with Crippen LogP contribution in [0.15, 0.2) is 61.7 Å². The first-order valence-electron chi connectivity index (χ1n) is 8.53. The summed E-state index contributed by atoms with van der Waals surface area (Å²) in [6.07, 6.45) is 3.78. The van der Waals surface area contributed by atoms with Crippen LogP contribution in [0.4, 0.5) is 0 Å². The van der Waals surface area contributed by atoms with Crippen molar-refractivity contribution in [2.24, 2.45) is 11.7 Å². The van der Waals surface area contributed by atoms with E-state index in [4.69, 9.17) is 5.73 Å². The van der Waals surface area contributed by atoms with Gasteiger partial charge in [0, 0.05) is 11.5 Å². The van der Waals surface area contributed by atoms with E-state index in [0.717, 1.165) is 29.6 Å². The van der Waals surface area contributed by atoms with E-state index in [1.807, 2.05) is 35.7 Å². The SMILES string of the molecule is C=Cc1ccc(CSCC(CN)CSCc2cccc(C=C)c2)cc1. The van der Waals surface area contributed by atoms with Gasteiger partial charge in [-0.1, -0.05) is 73.8 Å². The molecule has 1 atom stereocenters. The van der Waals surface area contributed by atoms with E-state index >= 15 is 0 Å². The predicted octanol–water partition coefficient (Wildman–Crippen LogP) is 5.71. The number of hydrogen-bond acceptors (Lipinski definition) is 3. The third kappa shape index (κ3) is 7.15. The summed E-state index contributed by atoms with van der Waals surface area (Å²) < 4.78 is 0. The van der Waals surface area contributed by atoms with Crippen LogP contribution in [0.5, 0.6) is 0 Å². The number of nitrogens with two attached hydrogens (primary N) is 1. The van der Waals surface area contributed by atoms with Gasteiger partial charge in [0.05, 0.1) is 0 Å². The summed E-state index contributed by atoms with van der Waals surface area (Å²) in [5.41, 5.74) is 11.0. The lowest BCUT2D eigenvalue weighted by Crippen LogP contribution is -2.19. The fraction of sp³-hybridized carbons (Fsp3) is 0.273. The molecule has 132 valence electrons. The van der Waals surface area contributed by atoms with Gasteiger partial charge in [-0.3, -0.25) is 0 Å². The fourth-order valence-corrected chi connectivity index (χ4v) is 4.83. The molecule has 2 aromatic rings. The summed E-state index contributed by atoms with van der Waals surface area (Å²) >= 11 is 3.94. The predicted molar refractivity (Wildman–Crippen MR) is 118 cm³/mol. The minimum atomic E-state index is 0.560. The molecule has 0 radical (unpaired) electrons. The highest BCUT2D eigenvalue weighted by atomic mass is 32.2. The zero-order chi connectivity index (χ0) is 17.9. The second-order valence-corrected chi connectivity index (χ2v) is 8.09. The molecule has 0 heterocycles. The second-order valence-electron chi connectivity index (χ2n) is 6.03. The molecular weight excluding hydrogens is 342 g/mol. The molecule has 0 aliphatic rings. The van der Waals surface area contributed by atoms with Gasteiger partial charge in [-0.15, -0.1) is 0 Å². The van der Waals surface area contributed by atoms with Gasteiger partial charge in [0.25, 0.3) is 0 Å². The van der Waals surface area contributed by atoms with Gasteiger partial charge in [-0.2, -0.15) is 23.5 Å². The first-order chi connectivity index (χ1) is 12.2. The lowest BCUT2D eigenvalue weighted by Gasteiger charge is -2.14. The van der Waals surface area contributed by atoms with E-state index in [2.05, 4.69) is 61.7 Å². The number of benzene rings is 2. The van der Waals surface area contributed by atoms with Crippen molar-refractivity contribution in [3.63, 3.8) is 0 Å². The van der Waals surface area contributed by atoms with E-state index in [9.17, 15) is 0 Å². The van der Waals surface area contributed by atoms with Crippen LogP contribution < -0.4 is 5.73 Å². The maximum absolute atomic E-state index is 5.96. The maximum atomic E-state index is 5.96. The van der Waals surface area contributed by atoms with E-state index < -0.39 is 0 Å². The number of rotatable bonds is 11. The normalized spacial score (nSPS) is 11.9. The van der Waals surface area contributed by atoms with E-state index in [-0.39, 0.29) is 0 Å². The summed E-state index contributed by atoms with van der Waals surface area (Å²) in [6.45, 7) is 8.37. The average Bonchev–Trinajstić information content (AvgIpc) is 2.67. The molecule has 2 aromatic carbocycles. The Balaban J connectivity index is 1.70. The highest BCUT2D eigenvalue weighted by Crippen LogP contribution is 2.21. The maximum Gasteiger partial charge on any atom is 0.0184 e. The average molecular weight is 370 g/mol. The summed E-state index contributed by atoms with van der Waals surface area (Å²) in [4.78, 5) is 0. The number of thioether (sulfide) groups is 2. The van der Waals surface area contributed by atoms with Crippen LogP contribution in [0.25, 0.3) is 12.2 Å². The molecule has 3 heteroatoms. The van der Waals surface area contributed by atoms with Crippen LogP contribution in [0.1, 0.15) is 22.3 Å². The van der Waals surface area contributed by atoms with Crippen LogP contribution in [0, 0.1) is 5.92 Å². The largest absolute Gasteiger partial charge is 0.330 e. The van der Waals surface area contributed by atoms with Crippen molar-refractivity contribution in [3.05, 3.63) is 83.9 Å². The van der Waals surface area contributed by atoms with E-state index in [1.54, 1.807) is 0 Å². The van der Waals surface area contributed by atoms with E-state index in [1.165, 1.54) is 22.3 Å². The number of hydrogen-bond donors (Lipinski definition) is 1. The van der Waals surface area contributed by atoms with Crippen molar-refractivity contribution in [1.29, 1.82) is 0 Å². The van der Waals surface area contributed by atoms with Crippen molar-refractivity contribution >= 4 is 35.7 Å². The van der Waals surface area contributed by atoms with E-state index in [0.29, 0.717) is 5.92 Å². The van der Waals surface area contributed by atoms with Crippen LogP contribution >= 0.6 is 23.5 Å². The Labute approximate surface area is 160 Å². The summed E-state index contributed by atoms with van der Waals surface area (Å²) in [7, 11) is 0. The third-order valence-electron chi connectivity index (χ3n) is 3.98. The molecule has 0 aliphatic carbocycles. The molecule has 2 N–H and O–H groups in total. The Morgan fingerprint density at radius 1 is 0.840 bits per heavy atom. The van der Waals surface area contributed by atoms with Gasteiger partial charge < -0.3 is 5.73 Å². The topological polar surface area (TPSA) is 26.0 Å². The molecular formula is C22H27NS2. The van der Waals surface area contributed by atoms with Crippen molar-refractivity contribution in [2.75, 3.05) is 18.1 Å². The Bertz CT molecular complexity index is 664.